The van der Waals surface area contributed by atoms with Crippen LogP contribution in [-0.2, 0) is 0 Å². The number of carbonyl (C=O) groups is 1. The number of rotatable bonds is 17. The minimum absolute atomic E-state index is 0.0494. The number of hydrogen-bond donors (Lipinski definition) is 1. The van der Waals surface area contributed by atoms with Gasteiger partial charge in [-0.3, -0.25) is 4.79 Å². The molecule has 1 atom stereocenters. The molecule has 5 nitrogen and oxygen atoms in total. The summed E-state index contributed by atoms with van der Waals surface area (Å²) in [7, 11) is 0. The standard InChI is InChI=1S/C30H39N3O2S/c1-2-3-4-5-6-7-8-9-10-11-12-13-19-25(28(34)24-18-15-14-17-23(24)22-31)29-27(33-30(32)36-29)26-20-16-21-35-26/h14-18,20-21,25H,2-13,19H2,1H3,(H2,32,33). The second-order valence-corrected chi connectivity index (χ2v) is 10.6. The molecule has 0 aliphatic heterocycles. The van der Waals surface area contributed by atoms with E-state index in [1.165, 1.54) is 75.5 Å². The van der Waals surface area contributed by atoms with E-state index in [0.717, 1.165) is 17.7 Å². The highest BCUT2D eigenvalue weighted by Crippen LogP contribution is 2.40. The molecular weight excluding hydrogens is 466 g/mol. The van der Waals surface area contributed by atoms with Crippen molar-refractivity contribution in [1.82, 2.24) is 4.98 Å². The van der Waals surface area contributed by atoms with Gasteiger partial charge in [0, 0.05) is 10.4 Å². The molecule has 3 rings (SSSR count). The first-order valence-electron chi connectivity index (χ1n) is 13.5. The van der Waals surface area contributed by atoms with Gasteiger partial charge in [0.25, 0.3) is 0 Å². The molecule has 2 heterocycles. The van der Waals surface area contributed by atoms with Crippen LogP contribution in [0.4, 0.5) is 5.13 Å². The zero-order chi connectivity index (χ0) is 25.6. The largest absolute Gasteiger partial charge is 0.463 e. The Morgan fingerprint density at radius 1 is 0.972 bits per heavy atom. The molecule has 1 unspecified atom stereocenters. The van der Waals surface area contributed by atoms with Gasteiger partial charge >= 0.3 is 0 Å². The second kappa shape index (κ2) is 15.3. The molecule has 192 valence electrons. The van der Waals surface area contributed by atoms with Crippen molar-refractivity contribution in [1.29, 1.82) is 5.26 Å². The Balaban J connectivity index is 1.60. The molecule has 3 aromatic rings. The predicted octanol–water partition coefficient (Wildman–Crippen LogP) is 8.91. The summed E-state index contributed by atoms with van der Waals surface area (Å²) >= 11 is 1.34. The molecule has 6 heteroatoms. The number of nitrogens with zero attached hydrogens (tertiary/aromatic N) is 2. The summed E-state index contributed by atoms with van der Waals surface area (Å²) in [5.74, 6) is 0.156. The highest BCUT2D eigenvalue weighted by Gasteiger charge is 2.30. The first-order valence-corrected chi connectivity index (χ1v) is 14.3. The monoisotopic (exact) mass is 505 g/mol. The normalized spacial score (nSPS) is 11.9. The molecule has 0 aliphatic rings. The van der Waals surface area contributed by atoms with E-state index < -0.39 is 5.92 Å². The number of unbranched alkanes of at least 4 members (excludes halogenated alkanes) is 11. The van der Waals surface area contributed by atoms with E-state index in [1.807, 2.05) is 18.2 Å². The third kappa shape index (κ3) is 8.06. The van der Waals surface area contributed by atoms with Crippen LogP contribution < -0.4 is 5.73 Å². The van der Waals surface area contributed by atoms with Gasteiger partial charge in [-0.2, -0.15) is 5.26 Å². The summed E-state index contributed by atoms with van der Waals surface area (Å²) in [6, 6.07) is 12.9. The molecule has 0 aliphatic carbocycles. The molecule has 36 heavy (non-hydrogen) atoms. The van der Waals surface area contributed by atoms with E-state index in [-0.39, 0.29) is 5.78 Å². The molecular formula is C30H39N3O2S. The molecule has 2 aromatic heterocycles. The molecule has 0 bridgehead atoms. The Bertz CT molecular complexity index is 1100. The van der Waals surface area contributed by atoms with Crippen molar-refractivity contribution in [3.8, 4) is 17.5 Å². The van der Waals surface area contributed by atoms with E-state index in [9.17, 15) is 10.1 Å². The van der Waals surface area contributed by atoms with Crippen molar-refractivity contribution >= 4 is 22.3 Å². The fourth-order valence-corrected chi connectivity index (χ4v) is 5.70. The van der Waals surface area contributed by atoms with Gasteiger partial charge in [-0.1, -0.05) is 102 Å². The number of carbonyl (C=O) groups excluding carboxylic acids is 1. The van der Waals surface area contributed by atoms with Crippen LogP contribution in [0.3, 0.4) is 0 Å². The van der Waals surface area contributed by atoms with Crippen LogP contribution in [0.25, 0.3) is 11.5 Å². The smallest absolute Gasteiger partial charge is 0.180 e. The highest BCUT2D eigenvalue weighted by molar-refractivity contribution is 7.16. The van der Waals surface area contributed by atoms with Gasteiger partial charge in [0.05, 0.1) is 23.8 Å². The molecule has 0 saturated heterocycles. The average molecular weight is 506 g/mol. The Morgan fingerprint density at radius 2 is 1.61 bits per heavy atom. The number of nitrogens with two attached hydrogens (primary N) is 1. The lowest BCUT2D eigenvalue weighted by Crippen LogP contribution is -2.14. The van der Waals surface area contributed by atoms with Gasteiger partial charge < -0.3 is 10.2 Å². The average Bonchev–Trinajstić information content (AvgIpc) is 3.56. The lowest BCUT2D eigenvalue weighted by molar-refractivity contribution is 0.0955. The van der Waals surface area contributed by atoms with Crippen molar-refractivity contribution in [3.63, 3.8) is 0 Å². The van der Waals surface area contributed by atoms with Gasteiger partial charge in [-0.15, -0.1) is 11.3 Å². The number of ketones is 1. The van der Waals surface area contributed by atoms with Crippen LogP contribution in [0, 0.1) is 11.3 Å². The third-order valence-corrected chi connectivity index (χ3v) is 7.71. The first kappa shape index (κ1) is 27.7. The molecule has 0 spiro atoms. The minimum Gasteiger partial charge on any atom is -0.463 e. The number of furan rings is 1. The van der Waals surface area contributed by atoms with Crippen LogP contribution in [0.15, 0.2) is 47.1 Å². The molecule has 1 aromatic carbocycles. The van der Waals surface area contributed by atoms with E-state index in [1.54, 1.807) is 24.5 Å². The summed E-state index contributed by atoms with van der Waals surface area (Å²) in [5, 5.41) is 9.98. The maximum absolute atomic E-state index is 13.7. The van der Waals surface area contributed by atoms with Crippen LogP contribution in [-0.4, -0.2) is 10.8 Å². The number of nitriles is 1. The van der Waals surface area contributed by atoms with E-state index in [0.29, 0.717) is 34.1 Å². The maximum Gasteiger partial charge on any atom is 0.180 e. The number of hydrogen-bond acceptors (Lipinski definition) is 6. The molecule has 0 radical (unpaired) electrons. The van der Waals surface area contributed by atoms with Gasteiger partial charge in [0.2, 0.25) is 0 Å². The summed E-state index contributed by atoms with van der Waals surface area (Å²) < 4.78 is 5.60. The number of nitrogen functional groups attached to an aromatic ring is 1. The van der Waals surface area contributed by atoms with Gasteiger partial charge in [0.15, 0.2) is 16.7 Å². The van der Waals surface area contributed by atoms with Crippen molar-refractivity contribution in [3.05, 3.63) is 58.7 Å². The molecule has 0 fully saturated rings. The summed E-state index contributed by atoms with van der Waals surface area (Å²) in [6.45, 7) is 2.26. The number of aromatic nitrogens is 1. The van der Waals surface area contributed by atoms with Crippen molar-refractivity contribution in [2.45, 2.75) is 96.3 Å². The van der Waals surface area contributed by atoms with E-state index in [2.05, 4.69) is 18.0 Å². The zero-order valence-electron chi connectivity index (χ0n) is 21.5. The molecule has 0 amide bonds. The van der Waals surface area contributed by atoms with Crippen molar-refractivity contribution in [2.24, 2.45) is 0 Å². The summed E-state index contributed by atoms with van der Waals surface area (Å²) in [6.07, 6.45) is 17.5. The summed E-state index contributed by atoms with van der Waals surface area (Å²) in [5.41, 5.74) is 7.58. The molecule has 2 N–H and O–H groups in total. The van der Waals surface area contributed by atoms with Crippen molar-refractivity contribution < 1.29 is 9.21 Å². The number of anilines is 1. The first-order chi connectivity index (χ1) is 17.7. The van der Waals surface area contributed by atoms with Gasteiger partial charge in [0.1, 0.15) is 5.69 Å². The number of thiazole rings is 1. The van der Waals surface area contributed by atoms with E-state index in [4.69, 9.17) is 10.2 Å². The van der Waals surface area contributed by atoms with Crippen molar-refractivity contribution in [2.75, 3.05) is 5.73 Å². The quantitative estimate of drug-likeness (QED) is 0.146. The van der Waals surface area contributed by atoms with Crippen LogP contribution in [0.5, 0.6) is 0 Å². The summed E-state index contributed by atoms with van der Waals surface area (Å²) in [4.78, 5) is 19.1. The van der Waals surface area contributed by atoms with Gasteiger partial charge in [-0.05, 0) is 24.6 Å². The fraction of sp³-hybridized carbons (Fsp3) is 0.500. The Hall–Kier alpha value is -2.91. The number of benzene rings is 1. The third-order valence-electron chi connectivity index (χ3n) is 6.72. The SMILES string of the molecule is CCCCCCCCCCCCCCC(C(=O)c1ccccc1C#N)c1sc(N)nc1-c1ccco1. The lowest BCUT2D eigenvalue weighted by atomic mass is 9.88. The fourth-order valence-electron chi connectivity index (χ4n) is 4.73. The lowest BCUT2D eigenvalue weighted by Gasteiger charge is -2.16. The van der Waals surface area contributed by atoms with Gasteiger partial charge in [-0.25, -0.2) is 4.98 Å². The maximum atomic E-state index is 13.7. The minimum atomic E-state index is -0.405. The van der Waals surface area contributed by atoms with Crippen LogP contribution in [0.2, 0.25) is 0 Å². The predicted molar refractivity (Wildman–Crippen MR) is 148 cm³/mol. The Morgan fingerprint density at radius 3 is 2.22 bits per heavy atom. The van der Waals surface area contributed by atoms with Crippen LogP contribution >= 0.6 is 11.3 Å². The Labute approximate surface area is 219 Å². The zero-order valence-corrected chi connectivity index (χ0v) is 22.3. The van der Waals surface area contributed by atoms with Crippen LogP contribution in [0.1, 0.15) is 117 Å². The highest BCUT2D eigenvalue weighted by atomic mass is 32.1. The topological polar surface area (TPSA) is 92.9 Å². The number of Topliss-reactive ketones (excluding diaryl/α,β-unsaturated/α-hetero) is 1. The molecule has 0 saturated carbocycles. The van der Waals surface area contributed by atoms with E-state index >= 15 is 0 Å². The Kier molecular flexibility index (Phi) is 11.7. The second-order valence-electron chi connectivity index (χ2n) is 9.49.